The molecule has 1 atom stereocenters. The van der Waals surface area contributed by atoms with Crippen LogP contribution in [0.15, 0.2) is 193 Å². The Labute approximate surface area is 265 Å². The molecule has 0 heterocycles. The molecule has 0 saturated heterocycles. The van der Waals surface area contributed by atoms with Gasteiger partial charge in [0.15, 0.2) is 0 Å². The van der Waals surface area contributed by atoms with Gasteiger partial charge in [0.05, 0.1) is 5.41 Å². The molecular formula is C44H33N. The van der Waals surface area contributed by atoms with Crippen LogP contribution in [0.1, 0.15) is 35.1 Å². The molecule has 5 aromatic carbocycles. The smallest absolute Gasteiger partial charge is 0.0713 e. The highest BCUT2D eigenvalue weighted by Gasteiger charge is 2.47. The van der Waals surface area contributed by atoms with Gasteiger partial charge in [0.2, 0.25) is 0 Å². The summed E-state index contributed by atoms with van der Waals surface area (Å²) in [5.41, 5.74) is 16.6. The first-order valence-corrected chi connectivity index (χ1v) is 15.8. The highest BCUT2D eigenvalue weighted by molar-refractivity contribution is 5.95. The maximum Gasteiger partial charge on any atom is 0.0713 e. The second kappa shape index (κ2) is 11.5. The van der Waals surface area contributed by atoms with E-state index >= 15 is 0 Å². The molecule has 0 amide bonds. The lowest BCUT2D eigenvalue weighted by Gasteiger charge is -2.35. The number of fused-ring (bicyclic) bond motifs is 3. The van der Waals surface area contributed by atoms with Crippen molar-refractivity contribution in [1.82, 2.24) is 0 Å². The molecule has 1 unspecified atom stereocenters. The predicted molar refractivity (Wildman–Crippen MR) is 188 cm³/mol. The number of anilines is 2. The number of hydrogen-bond acceptors (Lipinski definition) is 1. The maximum atomic E-state index is 3.32. The number of hydrogen-bond donors (Lipinski definition) is 0. The summed E-state index contributed by atoms with van der Waals surface area (Å²) < 4.78 is 0. The van der Waals surface area contributed by atoms with E-state index in [1.165, 1.54) is 55.9 Å². The van der Waals surface area contributed by atoms with Crippen LogP contribution in [-0.4, -0.2) is 0 Å². The highest BCUT2D eigenvalue weighted by Crippen LogP contribution is 2.57. The quantitative estimate of drug-likeness (QED) is 0.182. The van der Waals surface area contributed by atoms with Gasteiger partial charge in [-0.05, 0) is 112 Å². The Bertz CT molecular complexity index is 2050. The van der Waals surface area contributed by atoms with Crippen LogP contribution in [0.2, 0.25) is 0 Å². The van der Waals surface area contributed by atoms with Gasteiger partial charge in [0.1, 0.15) is 0 Å². The van der Waals surface area contributed by atoms with Crippen LogP contribution in [-0.2, 0) is 5.41 Å². The summed E-state index contributed by atoms with van der Waals surface area (Å²) >= 11 is 0. The monoisotopic (exact) mass is 575 g/mol. The van der Waals surface area contributed by atoms with E-state index in [-0.39, 0.29) is 0 Å². The zero-order chi connectivity index (χ0) is 30.1. The molecule has 0 bridgehead atoms. The lowest BCUT2D eigenvalue weighted by atomic mass is 9.67. The SMILES string of the molecule is C1=CC=C2C(=CC=1)C(c1ccccc1)(c1ccc(N(C3=CC=CCC3)c3ccc(-c4ccccc4)cc3)cc1)c1ccccc12. The summed E-state index contributed by atoms with van der Waals surface area (Å²) in [4.78, 5) is 2.42. The standard InChI is InChI=1S/C44H33N/c1-5-15-33(16-6-1)34-25-29-38(30-26-34)45(37-19-9-3-10-20-37)39-31-27-36(28-32-39)44(35-17-7-2-8-18-35)42-23-12-4-11-21-40(42)41-22-13-14-24-43(41)44/h1-3,5-9,11-19,21-32H,10,20H2. The second-order valence-electron chi connectivity index (χ2n) is 11.7. The fourth-order valence-corrected chi connectivity index (χ4v) is 7.28. The molecular weight excluding hydrogens is 542 g/mol. The van der Waals surface area contributed by atoms with Gasteiger partial charge in [-0.25, -0.2) is 0 Å². The summed E-state index contributed by atoms with van der Waals surface area (Å²) in [6, 6.07) is 48.7. The third-order valence-electron chi connectivity index (χ3n) is 9.28. The normalized spacial score (nSPS) is 17.9. The number of rotatable bonds is 6. The molecule has 3 aliphatic rings. The number of nitrogens with zero attached hydrogens (tertiary/aromatic N) is 1. The molecule has 0 radical (unpaired) electrons. The molecule has 5 aromatic rings. The van der Waals surface area contributed by atoms with E-state index in [2.05, 4.69) is 181 Å². The molecule has 0 spiro atoms. The van der Waals surface area contributed by atoms with Crippen LogP contribution in [0.4, 0.5) is 11.4 Å². The number of benzene rings is 5. The van der Waals surface area contributed by atoms with E-state index < -0.39 is 5.41 Å². The van der Waals surface area contributed by atoms with Gasteiger partial charge in [-0.15, -0.1) is 5.73 Å². The van der Waals surface area contributed by atoms with Crippen molar-refractivity contribution in [3.8, 4) is 11.1 Å². The van der Waals surface area contributed by atoms with Crippen molar-refractivity contribution in [1.29, 1.82) is 0 Å². The zero-order valence-corrected chi connectivity index (χ0v) is 25.1. The van der Waals surface area contributed by atoms with Crippen molar-refractivity contribution >= 4 is 16.9 Å². The summed E-state index contributed by atoms with van der Waals surface area (Å²) in [6.07, 6.45) is 17.3. The molecule has 45 heavy (non-hydrogen) atoms. The minimum atomic E-state index is -0.437. The molecule has 1 heteroatoms. The van der Waals surface area contributed by atoms with E-state index in [9.17, 15) is 0 Å². The first-order valence-electron chi connectivity index (χ1n) is 15.8. The Kier molecular flexibility index (Phi) is 6.87. The lowest BCUT2D eigenvalue weighted by molar-refractivity contribution is 0.769. The third kappa shape index (κ3) is 4.57. The number of allylic oxidation sites excluding steroid dienone is 9. The van der Waals surface area contributed by atoms with Crippen LogP contribution >= 0.6 is 0 Å². The van der Waals surface area contributed by atoms with Gasteiger partial charge in [0.25, 0.3) is 0 Å². The molecule has 0 aliphatic heterocycles. The molecule has 0 saturated carbocycles. The van der Waals surface area contributed by atoms with Crippen molar-refractivity contribution in [2.45, 2.75) is 18.3 Å². The van der Waals surface area contributed by atoms with Crippen LogP contribution in [0, 0.1) is 0 Å². The summed E-state index contributed by atoms with van der Waals surface area (Å²) in [7, 11) is 0. The first kappa shape index (κ1) is 27.0. The van der Waals surface area contributed by atoms with Gasteiger partial charge in [0, 0.05) is 17.1 Å². The molecule has 8 rings (SSSR count). The van der Waals surface area contributed by atoms with E-state index in [1.807, 2.05) is 6.08 Å². The molecule has 3 aliphatic carbocycles. The zero-order valence-electron chi connectivity index (χ0n) is 25.1. The average molecular weight is 576 g/mol. The predicted octanol–water partition coefficient (Wildman–Crippen LogP) is 11.1. The van der Waals surface area contributed by atoms with Gasteiger partial charge in [-0.2, -0.15) is 0 Å². The molecule has 0 fully saturated rings. The molecule has 214 valence electrons. The van der Waals surface area contributed by atoms with Gasteiger partial charge < -0.3 is 4.90 Å². The summed E-state index contributed by atoms with van der Waals surface area (Å²) in [5, 5.41) is 0. The van der Waals surface area contributed by atoms with Gasteiger partial charge >= 0.3 is 0 Å². The van der Waals surface area contributed by atoms with Crippen molar-refractivity contribution in [2.24, 2.45) is 0 Å². The van der Waals surface area contributed by atoms with Gasteiger partial charge in [-0.3, -0.25) is 0 Å². The Morgan fingerprint density at radius 3 is 1.91 bits per heavy atom. The average Bonchev–Trinajstić information content (AvgIpc) is 3.22. The van der Waals surface area contributed by atoms with Crippen LogP contribution in [0.25, 0.3) is 16.7 Å². The Morgan fingerprint density at radius 2 is 1.18 bits per heavy atom. The van der Waals surface area contributed by atoms with E-state index in [4.69, 9.17) is 0 Å². The second-order valence-corrected chi connectivity index (χ2v) is 11.7. The van der Waals surface area contributed by atoms with E-state index in [0.29, 0.717) is 0 Å². The minimum Gasteiger partial charge on any atom is -0.314 e. The van der Waals surface area contributed by atoms with Gasteiger partial charge in [-0.1, -0.05) is 121 Å². The maximum absolute atomic E-state index is 3.32. The minimum absolute atomic E-state index is 0.437. The Morgan fingerprint density at radius 1 is 0.556 bits per heavy atom. The fraction of sp³-hybridized carbons (Fsp3) is 0.0682. The van der Waals surface area contributed by atoms with Crippen molar-refractivity contribution in [3.05, 3.63) is 215 Å². The Balaban J connectivity index is 1.27. The largest absolute Gasteiger partial charge is 0.314 e. The lowest BCUT2D eigenvalue weighted by Crippen LogP contribution is -2.28. The van der Waals surface area contributed by atoms with E-state index in [0.717, 1.165) is 18.5 Å². The van der Waals surface area contributed by atoms with Crippen molar-refractivity contribution in [3.63, 3.8) is 0 Å². The fourth-order valence-electron chi connectivity index (χ4n) is 7.28. The third-order valence-corrected chi connectivity index (χ3v) is 9.28. The Hall–Kier alpha value is -5.62. The first-order chi connectivity index (χ1) is 22.3. The molecule has 0 N–H and O–H groups in total. The molecule has 1 nitrogen and oxygen atoms in total. The van der Waals surface area contributed by atoms with E-state index in [1.54, 1.807) is 0 Å². The van der Waals surface area contributed by atoms with Crippen molar-refractivity contribution in [2.75, 3.05) is 4.90 Å². The van der Waals surface area contributed by atoms with Crippen LogP contribution < -0.4 is 4.90 Å². The topological polar surface area (TPSA) is 3.24 Å². The molecule has 0 aromatic heterocycles. The van der Waals surface area contributed by atoms with Crippen LogP contribution in [0.5, 0.6) is 0 Å². The summed E-state index contributed by atoms with van der Waals surface area (Å²) in [5.74, 6) is 0. The summed E-state index contributed by atoms with van der Waals surface area (Å²) in [6.45, 7) is 0. The van der Waals surface area contributed by atoms with Crippen LogP contribution in [0.3, 0.4) is 0 Å². The van der Waals surface area contributed by atoms with Crippen molar-refractivity contribution < 1.29 is 0 Å². The highest BCUT2D eigenvalue weighted by atomic mass is 15.1.